The van der Waals surface area contributed by atoms with E-state index < -0.39 is 21.8 Å². The fourth-order valence-corrected chi connectivity index (χ4v) is 7.49. The molecule has 1 fully saturated rings. The summed E-state index contributed by atoms with van der Waals surface area (Å²) in [5, 5.41) is 3.41. The molecule has 2 aliphatic rings. The van der Waals surface area contributed by atoms with Crippen molar-refractivity contribution >= 4 is 38.2 Å². The summed E-state index contributed by atoms with van der Waals surface area (Å²) in [7, 11) is -3.67. The number of rotatable bonds is 5. The van der Waals surface area contributed by atoms with Gasteiger partial charge in [0.2, 0.25) is 15.9 Å². The van der Waals surface area contributed by atoms with Crippen LogP contribution in [0, 0.1) is 18.8 Å². The van der Waals surface area contributed by atoms with Crippen LogP contribution in [0.2, 0.25) is 0 Å². The lowest BCUT2D eigenvalue weighted by Gasteiger charge is -2.31. The van der Waals surface area contributed by atoms with Gasteiger partial charge >= 0.3 is 0 Å². The number of hydrogen-bond donors (Lipinski definition) is 2. The van der Waals surface area contributed by atoms with E-state index >= 15 is 0 Å². The van der Waals surface area contributed by atoms with Crippen LogP contribution in [0.4, 0.5) is 5.00 Å². The van der Waals surface area contributed by atoms with E-state index in [1.165, 1.54) is 15.6 Å². The van der Waals surface area contributed by atoms with E-state index in [9.17, 15) is 18.0 Å². The van der Waals surface area contributed by atoms with Crippen molar-refractivity contribution in [2.24, 2.45) is 17.6 Å². The molecule has 9 heteroatoms. The molecule has 2 aromatic rings. The quantitative estimate of drug-likeness (QED) is 0.691. The molecule has 2 unspecified atom stereocenters. The molecule has 1 aliphatic carbocycles. The molecule has 0 bridgehead atoms. The Hall–Kier alpha value is -2.23. The van der Waals surface area contributed by atoms with Crippen molar-refractivity contribution in [3.63, 3.8) is 0 Å². The highest BCUT2D eigenvalue weighted by Crippen LogP contribution is 2.40. The van der Waals surface area contributed by atoms with Gasteiger partial charge in [-0.15, -0.1) is 11.3 Å². The van der Waals surface area contributed by atoms with Gasteiger partial charge in [0, 0.05) is 18.0 Å². The lowest BCUT2D eigenvalue weighted by molar-refractivity contribution is -0.120. The molecular formula is C23H29N3O4S2. The third kappa shape index (κ3) is 4.46. The summed E-state index contributed by atoms with van der Waals surface area (Å²) in [4.78, 5) is 26.6. The summed E-state index contributed by atoms with van der Waals surface area (Å²) in [6, 6.07) is 6.74. The van der Waals surface area contributed by atoms with Crippen LogP contribution < -0.4 is 11.1 Å². The number of benzene rings is 1. The van der Waals surface area contributed by atoms with Crippen molar-refractivity contribution in [1.29, 1.82) is 0 Å². The first-order chi connectivity index (χ1) is 15.2. The van der Waals surface area contributed by atoms with E-state index in [1.807, 2.05) is 6.92 Å². The van der Waals surface area contributed by atoms with Gasteiger partial charge in [-0.1, -0.05) is 24.6 Å². The Kier molecular flexibility index (Phi) is 6.42. The first kappa shape index (κ1) is 22.9. The lowest BCUT2D eigenvalue weighted by atomic mass is 9.88. The normalized spacial score (nSPS) is 21.7. The highest BCUT2D eigenvalue weighted by molar-refractivity contribution is 7.89. The van der Waals surface area contributed by atoms with E-state index in [-0.39, 0.29) is 17.3 Å². The standard InChI is InChI=1S/C23H29N3O4S2/c1-14-5-8-17(9-6-14)32(29,30)26-11-3-4-16(13-26)22(28)25-23-20(21(24)27)18-10-7-15(2)12-19(18)31-23/h5-6,8-9,15-16H,3-4,7,10-13H2,1-2H3,(H2,24,27)(H,25,28). The predicted octanol–water partition coefficient (Wildman–Crippen LogP) is 3.32. The summed E-state index contributed by atoms with van der Waals surface area (Å²) < 4.78 is 27.5. The molecule has 4 rings (SSSR count). The van der Waals surface area contributed by atoms with E-state index in [0.29, 0.717) is 35.9 Å². The molecule has 1 aromatic carbocycles. The molecule has 1 saturated heterocycles. The summed E-state index contributed by atoms with van der Waals surface area (Å²) >= 11 is 1.43. The van der Waals surface area contributed by atoms with Gasteiger partial charge < -0.3 is 11.1 Å². The Morgan fingerprint density at radius 2 is 1.91 bits per heavy atom. The Labute approximate surface area is 193 Å². The van der Waals surface area contributed by atoms with Crippen LogP contribution in [0.1, 0.15) is 52.5 Å². The zero-order chi connectivity index (χ0) is 23.0. The fraction of sp³-hybridized carbons (Fsp3) is 0.478. The molecule has 2 heterocycles. The van der Waals surface area contributed by atoms with Crippen LogP contribution in [-0.4, -0.2) is 37.6 Å². The number of thiophene rings is 1. The highest BCUT2D eigenvalue weighted by Gasteiger charge is 2.34. The average Bonchev–Trinajstić information content (AvgIpc) is 3.11. The molecule has 2 amide bonds. The first-order valence-electron chi connectivity index (χ1n) is 11.0. The van der Waals surface area contributed by atoms with E-state index in [2.05, 4.69) is 12.2 Å². The summed E-state index contributed by atoms with van der Waals surface area (Å²) in [6.45, 7) is 4.59. The maximum atomic E-state index is 13.1. The minimum Gasteiger partial charge on any atom is -0.365 e. The second kappa shape index (κ2) is 8.96. The molecule has 3 N–H and O–H groups in total. The second-order valence-electron chi connectivity index (χ2n) is 8.92. The number of carbonyl (C=O) groups is 2. The number of aryl methyl sites for hydroxylation is 1. The van der Waals surface area contributed by atoms with Crippen molar-refractivity contribution in [2.75, 3.05) is 18.4 Å². The fourth-order valence-electron chi connectivity index (χ4n) is 4.55. The zero-order valence-electron chi connectivity index (χ0n) is 18.4. The number of fused-ring (bicyclic) bond motifs is 1. The minimum absolute atomic E-state index is 0.121. The van der Waals surface area contributed by atoms with Crippen LogP contribution in [-0.2, 0) is 27.7 Å². The number of nitrogens with two attached hydrogens (primary N) is 1. The summed E-state index contributed by atoms with van der Waals surface area (Å²) in [5.41, 5.74) is 8.02. The van der Waals surface area contributed by atoms with Crippen LogP contribution in [0.15, 0.2) is 29.2 Å². The molecule has 7 nitrogen and oxygen atoms in total. The number of carbonyl (C=O) groups excluding carboxylic acids is 2. The molecule has 172 valence electrons. The van der Waals surface area contributed by atoms with Gasteiger partial charge in [-0.05, 0) is 62.6 Å². The van der Waals surface area contributed by atoms with Gasteiger partial charge in [0.25, 0.3) is 5.91 Å². The third-order valence-corrected chi connectivity index (χ3v) is 9.46. The van der Waals surface area contributed by atoms with E-state index in [1.54, 1.807) is 24.3 Å². The maximum Gasteiger partial charge on any atom is 0.251 e. The lowest BCUT2D eigenvalue weighted by Crippen LogP contribution is -2.43. The van der Waals surface area contributed by atoms with E-state index in [0.717, 1.165) is 35.3 Å². The molecule has 1 aromatic heterocycles. The number of nitrogens with zero attached hydrogens (tertiary/aromatic N) is 1. The molecule has 0 saturated carbocycles. The Balaban J connectivity index is 1.52. The van der Waals surface area contributed by atoms with Gasteiger partial charge in [0.05, 0.1) is 16.4 Å². The Bertz CT molecular complexity index is 1140. The second-order valence-corrected chi connectivity index (χ2v) is 12.0. The van der Waals surface area contributed by atoms with Gasteiger partial charge in [-0.2, -0.15) is 4.31 Å². The number of hydrogen-bond acceptors (Lipinski definition) is 5. The van der Waals surface area contributed by atoms with Crippen molar-refractivity contribution in [1.82, 2.24) is 4.31 Å². The van der Waals surface area contributed by atoms with Crippen LogP contribution in [0.3, 0.4) is 0 Å². The highest BCUT2D eigenvalue weighted by atomic mass is 32.2. The third-order valence-electron chi connectivity index (χ3n) is 6.41. The monoisotopic (exact) mass is 475 g/mol. The maximum absolute atomic E-state index is 13.1. The summed E-state index contributed by atoms with van der Waals surface area (Å²) in [6.07, 6.45) is 3.85. The largest absolute Gasteiger partial charge is 0.365 e. The van der Waals surface area contributed by atoms with Gasteiger partial charge in [0.1, 0.15) is 5.00 Å². The Morgan fingerprint density at radius 1 is 1.19 bits per heavy atom. The first-order valence-corrected chi connectivity index (χ1v) is 13.2. The van der Waals surface area contributed by atoms with Gasteiger partial charge in [0.15, 0.2) is 0 Å². The SMILES string of the molecule is Cc1ccc(S(=O)(=O)N2CCCC(C(=O)Nc3sc4c(c3C(N)=O)CCC(C)C4)C2)cc1. The van der Waals surface area contributed by atoms with Crippen LogP contribution in [0.25, 0.3) is 0 Å². The van der Waals surface area contributed by atoms with Crippen molar-refractivity contribution in [2.45, 2.75) is 50.8 Å². The molecular weight excluding hydrogens is 446 g/mol. The number of primary amides is 1. The van der Waals surface area contributed by atoms with Gasteiger partial charge in [-0.25, -0.2) is 8.42 Å². The van der Waals surface area contributed by atoms with Crippen LogP contribution >= 0.6 is 11.3 Å². The van der Waals surface area contributed by atoms with Crippen molar-refractivity contribution in [3.05, 3.63) is 45.8 Å². The Morgan fingerprint density at radius 3 is 2.59 bits per heavy atom. The number of amides is 2. The molecule has 1 aliphatic heterocycles. The molecule has 0 radical (unpaired) electrons. The van der Waals surface area contributed by atoms with Crippen LogP contribution in [0.5, 0.6) is 0 Å². The number of sulfonamides is 1. The minimum atomic E-state index is -3.67. The number of anilines is 1. The smallest absolute Gasteiger partial charge is 0.251 e. The van der Waals surface area contributed by atoms with Gasteiger partial charge in [-0.3, -0.25) is 9.59 Å². The molecule has 32 heavy (non-hydrogen) atoms. The zero-order valence-corrected chi connectivity index (χ0v) is 20.0. The number of nitrogens with one attached hydrogen (secondary N) is 1. The molecule has 2 atom stereocenters. The van der Waals surface area contributed by atoms with E-state index in [4.69, 9.17) is 5.73 Å². The average molecular weight is 476 g/mol. The predicted molar refractivity (Wildman–Crippen MR) is 125 cm³/mol. The van der Waals surface area contributed by atoms with Crippen molar-refractivity contribution < 1.29 is 18.0 Å². The number of piperidine rings is 1. The summed E-state index contributed by atoms with van der Waals surface area (Å²) in [5.74, 6) is -0.741. The topological polar surface area (TPSA) is 110 Å². The molecule has 0 spiro atoms. The van der Waals surface area contributed by atoms with Crippen molar-refractivity contribution in [3.8, 4) is 0 Å².